The summed E-state index contributed by atoms with van der Waals surface area (Å²) in [5.74, 6) is 0.158. The number of nitrogens with zero attached hydrogens (tertiary/aromatic N) is 3. The highest BCUT2D eigenvalue weighted by molar-refractivity contribution is 5.75. The first-order chi connectivity index (χ1) is 12.2. The lowest BCUT2D eigenvalue weighted by Crippen LogP contribution is -2.51. The van der Waals surface area contributed by atoms with Crippen molar-refractivity contribution < 1.29 is 9.18 Å². The van der Waals surface area contributed by atoms with Gasteiger partial charge in [0.15, 0.2) is 0 Å². The van der Waals surface area contributed by atoms with Gasteiger partial charge in [0.25, 0.3) is 0 Å². The van der Waals surface area contributed by atoms with Gasteiger partial charge in [-0.2, -0.15) is 0 Å². The van der Waals surface area contributed by atoms with Gasteiger partial charge in [-0.1, -0.05) is 12.1 Å². The van der Waals surface area contributed by atoms with Gasteiger partial charge in [-0.3, -0.25) is 0 Å². The third-order valence-corrected chi connectivity index (χ3v) is 5.40. The van der Waals surface area contributed by atoms with E-state index in [4.69, 9.17) is 0 Å². The summed E-state index contributed by atoms with van der Waals surface area (Å²) in [6.45, 7) is 1.61. The first kappa shape index (κ1) is 16.1. The van der Waals surface area contributed by atoms with E-state index in [-0.39, 0.29) is 23.9 Å². The molecular weight excluding hydrogens is 319 g/mol. The van der Waals surface area contributed by atoms with E-state index in [1.54, 1.807) is 24.7 Å². The summed E-state index contributed by atoms with van der Waals surface area (Å²) in [5, 5.41) is 3.15. The zero-order valence-corrected chi connectivity index (χ0v) is 14.1. The zero-order chi connectivity index (χ0) is 17.2. The van der Waals surface area contributed by atoms with Gasteiger partial charge in [0.2, 0.25) is 0 Å². The van der Waals surface area contributed by atoms with Crippen LogP contribution in [-0.2, 0) is 6.54 Å². The Kier molecular flexibility index (Phi) is 4.42. The lowest BCUT2D eigenvalue weighted by atomic mass is 9.76. The Morgan fingerprint density at radius 2 is 2.24 bits per heavy atom. The summed E-state index contributed by atoms with van der Waals surface area (Å²) in [6, 6.07) is 7.24. The molecular formula is C19H23FN4O. The number of likely N-dealkylation sites (tertiary alicyclic amines) is 1. The topological polar surface area (TPSA) is 50.2 Å². The summed E-state index contributed by atoms with van der Waals surface area (Å²) in [7, 11) is 0. The fraction of sp³-hybridized carbons (Fsp3) is 0.474. The molecule has 4 rings (SSSR count). The van der Waals surface area contributed by atoms with Gasteiger partial charge in [-0.15, -0.1) is 0 Å². The molecule has 0 bridgehead atoms. The smallest absolute Gasteiger partial charge is 0.317 e. The molecule has 2 fully saturated rings. The Hall–Kier alpha value is -2.37. The van der Waals surface area contributed by atoms with Crippen molar-refractivity contribution >= 4 is 6.03 Å². The van der Waals surface area contributed by atoms with E-state index in [0.29, 0.717) is 5.92 Å². The van der Waals surface area contributed by atoms with Crippen molar-refractivity contribution in [3.63, 3.8) is 0 Å². The number of carbonyl (C=O) groups excluding carboxylic acids is 1. The predicted octanol–water partition coefficient (Wildman–Crippen LogP) is 3.14. The van der Waals surface area contributed by atoms with Gasteiger partial charge in [0.05, 0.1) is 12.4 Å². The SMILES string of the molecule is O=C(NC1CC(c2cccc(F)c2)C1)N1CCC[C@H]1Cn1ccnc1. The van der Waals surface area contributed by atoms with Gasteiger partial charge < -0.3 is 14.8 Å². The van der Waals surface area contributed by atoms with E-state index in [9.17, 15) is 9.18 Å². The van der Waals surface area contributed by atoms with Crippen molar-refractivity contribution in [3.05, 3.63) is 54.4 Å². The number of hydrogen-bond donors (Lipinski definition) is 1. The van der Waals surface area contributed by atoms with Crippen LogP contribution in [0.5, 0.6) is 0 Å². The fourth-order valence-corrected chi connectivity index (χ4v) is 3.96. The molecule has 2 aliphatic rings. The highest BCUT2D eigenvalue weighted by atomic mass is 19.1. The second-order valence-electron chi connectivity index (χ2n) is 7.12. The summed E-state index contributed by atoms with van der Waals surface area (Å²) >= 11 is 0. The molecule has 1 saturated heterocycles. The van der Waals surface area contributed by atoms with Crippen molar-refractivity contribution in [2.45, 2.75) is 50.2 Å². The van der Waals surface area contributed by atoms with E-state index in [1.807, 2.05) is 21.7 Å². The monoisotopic (exact) mass is 342 g/mol. The number of aromatic nitrogens is 2. The van der Waals surface area contributed by atoms with E-state index < -0.39 is 0 Å². The minimum Gasteiger partial charge on any atom is -0.335 e. The summed E-state index contributed by atoms with van der Waals surface area (Å²) in [5.41, 5.74) is 1.03. The molecule has 1 aromatic carbocycles. The number of rotatable bonds is 4. The quantitative estimate of drug-likeness (QED) is 0.928. The van der Waals surface area contributed by atoms with E-state index >= 15 is 0 Å². The molecule has 1 atom stereocenters. The minimum atomic E-state index is -0.190. The van der Waals surface area contributed by atoms with Crippen LogP contribution in [0.4, 0.5) is 9.18 Å². The largest absolute Gasteiger partial charge is 0.335 e. The molecule has 2 aromatic rings. The number of nitrogens with one attached hydrogen (secondary N) is 1. The molecule has 0 spiro atoms. The van der Waals surface area contributed by atoms with Crippen LogP contribution in [0.2, 0.25) is 0 Å². The van der Waals surface area contributed by atoms with Gasteiger partial charge in [-0.25, -0.2) is 14.2 Å². The maximum Gasteiger partial charge on any atom is 0.317 e. The average Bonchev–Trinajstić information content (AvgIpc) is 3.22. The molecule has 0 unspecified atom stereocenters. The van der Waals surface area contributed by atoms with Crippen LogP contribution in [-0.4, -0.2) is 39.1 Å². The van der Waals surface area contributed by atoms with Gasteiger partial charge in [-0.05, 0) is 49.3 Å². The Balaban J connectivity index is 1.29. The number of imidazole rings is 1. The van der Waals surface area contributed by atoms with E-state index in [1.165, 1.54) is 6.07 Å². The fourth-order valence-electron chi connectivity index (χ4n) is 3.96. The maximum absolute atomic E-state index is 13.3. The summed E-state index contributed by atoms with van der Waals surface area (Å²) < 4.78 is 15.3. The predicted molar refractivity (Wildman–Crippen MR) is 92.6 cm³/mol. The third-order valence-electron chi connectivity index (χ3n) is 5.40. The molecule has 1 N–H and O–H groups in total. The van der Waals surface area contributed by atoms with Crippen molar-refractivity contribution in [1.29, 1.82) is 0 Å². The van der Waals surface area contributed by atoms with Crippen LogP contribution >= 0.6 is 0 Å². The number of urea groups is 1. The summed E-state index contributed by atoms with van der Waals surface area (Å²) in [4.78, 5) is 18.6. The van der Waals surface area contributed by atoms with Crippen molar-refractivity contribution in [2.24, 2.45) is 0 Å². The Bertz CT molecular complexity index is 727. The molecule has 2 heterocycles. The zero-order valence-electron chi connectivity index (χ0n) is 14.1. The van der Waals surface area contributed by atoms with Crippen molar-refractivity contribution in [1.82, 2.24) is 19.8 Å². The van der Waals surface area contributed by atoms with Gasteiger partial charge in [0, 0.05) is 31.5 Å². The van der Waals surface area contributed by atoms with Gasteiger partial charge >= 0.3 is 6.03 Å². The Morgan fingerprint density at radius 1 is 1.36 bits per heavy atom. The van der Waals surface area contributed by atoms with Crippen LogP contribution in [0.1, 0.15) is 37.2 Å². The van der Waals surface area contributed by atoms with Crippen LogP contribution < -0.4 is 5.32 Å². The lowest BCUT2D eigenvalue weighted by Gasteiger charge is -2.38. The molecule has 1 aromatic heterocycles. The first-order valence-corrected chi connectivity index (χ1v) is 8.97. The van der Waals surface area contributed by atoms with E-state index in [2.05, 4.69) is 10.3 Å². The first-order valence-electron chi connectivity index (χ1n) is 8.97. The number of carbonyl (C=O) groups is 1. The van der Waals surface area contributed by atoms with Crippen LogP contribution in [0.15, 0.2) is 43.0 Å². The van der Waals surface area contributed by atoms with Crippen molar-refractivity contribution in [3.8, 4) is 0 Å². The molecule has 1 aliphatic heterocycles. The highest BCUT2D eigenvalue weighted by Crippen LogP contribution is 2.37. The van der Waals surface area contributed by atoms with Gasteiger partial charge in [0.1, 0.15) is 5.82 Å². The van der Waals surface area contributed by atoms with Crippen LogP contribution in [0, 0.1) is 5.82 Å². The molecule has 5 nitrogen and oxygen atoms in total. The lowest BCUT2D eigenvalue weighted by molar-refractivity contribution is 0.173. The number of hydrogen-bond acceptors (Lipinski definition) is 2. The normalized spacial score (nSPS) is 25.6. The molecule has 6 heteroatoms. The number of amides is 2. The highest BCUT2D eigenvalue weighted by Gasteiger charge is 2.35. The second-order valence-corrected chi connectivity index (χ2v) is 7.12. The van der Waals surface area contributed by atoms with E-state index in [0.717, 1.165) is 44.3 Å². The molecule has 1 aliphatic carbocycles. The molecule has 2 amide bonds. The maximum atomic E-state index is 13.3. The second kappa shape index (κ2) is 6.86. The Labute approximate surface area is 146 Å². The average molecular weight is 342 g/mol. The molecule has 0 radical (unpaired) electrons. The minimum absolute atomic E-state index is 0.0327. The molecule has 1 saturated carbocycles. The Morgan fingerprint density at radius 3 is 3.00 bits per heavy atom. The standard InChI is InChI=1S/C19H23FN4O/c20-16-4-1-3-14(9-16)15-10-17(11-15)22-19(25)24-7-2-5-18(24)12-23-8-6-21-13-23/h1,3-4,6,8-9,13,15,17-18H,2,5,7,10-12H2,(H,22,25)/t15?,17?,18-/m0/s1. The number of benzene rings is 1. The molecule has 25 heavy (non-hydrogen) atoms. The molecule has 132 valence electrons. The summed E-state index contributed by atoms with van der Waals surface area (Å²) in [6.07, 6.45) is 9.34. The third kappa shape index (κ3) is 3.52. The van der Waals surface area contributed by atoms with Crippen LogP contribution in [0.25, 0.3) is 0 Å². The van der Waals surface area contributed by atoms with Crippen LogP contribution in [0.3, 0.4) is 0 Å². The van der Waals surface area contributed by atoms with Crippen molar-refractivity contribution in [2.75, 3.05) is 6.54 Å². The number of halogens is 1.